The van der Waals surface area contributed by atoms with Crippen LogP contribution in [0.3, 0.4) is 0 Å². The Kier molecular flexibility index (Phi) is 11.4. The van der Waals surface area contributed by atoms with Gasteiger partial charge in [0.1, 0.15) is 0 Å². The molecular formula is C45H72O3Si2. The molecule has 0 saturated heterocycles. The van der Waals surface area contributed by atoms with Crippen LogP contribution < -0.4 is 0 Å². The van der Waals surface area contributed by atoms with Crippen molar-refractivity contribution in [3.8, 4) is 0 Å². The minimum Gasteiger partial charge on any atom is -0.413 e. The van der Waals surface area contributed by atoms with Crippen molar-refractivity contribution in [1.29, 1.82) is 0 Å². The van der Waals surface area contributed by atoms with Gasteiger partial charge in [0.15, 0.2) is 16.6 Å². The van der Waals surface area contributed by atoms with Gasteiger partial charge < -0.3 is 14.0 Å². The molecule has 3 nitrogen and oxygen atoms in total. The van der Waals surface area contributed by atoms with Gasteiger partial charge in [0, 0.05) is 11.8 Å². The summed E-state index contributed by atoms with van der Waals surface area (Å²) in [6.45, 7) is 33.2. The van der Waals surface area contributed by atoms with E-state index in [4.69, 9.17) is 15.4 Å². The predicted molar refractivity (Wildman–Crippen MR) is 219 cm³/mol. The molecule has 4 saturated carbocycles. The Morgan fingerprint density at radius 1 is 0.880 bits per heavy atom. The van der Waals surface area contributed by atoms with Crippen molar-refractivity contribution < 1.29 is 14.0 Å². The number of allylic oxidation sites excluding steroid dienone is 4. The summed E-state index contributed by atoms with van der Waals surface area (Å²) in [6, 6.07) is 10.6. The molecule has 4 aliphatic rings. The third-order valence-corrected chi connectivity index (χ3v) is 23.7. The molecular weight excluding hydrogens is 645 g/mol. The SMILES string of the molecule is C=C1C(=CC=C2CCC[C@]3(C)[C@@H]([C@H](C)C=C[C@H](O)C4(c5ccccc5)CC4)CC[C@@H]23)C[C@@H](O[Si](C)(C)C(C)(C)C)C[C@@H]1O[Si](C)(C)C(C)(C)C. The number of fused-ring (bicyclic) bond motifs is 1. The minimum absolute atomic E-state index is 0.0104. The molecule has 0 aromatic heterocycles. The van der Waals surface area contributed by atoms with Crippen LogP contribution in [-0.4, -0.2) is 40.1 Å². The molecule has 4 fully saturated rings. The van der Waals surface area contributed by atoms with Crippen molar-refractivity contribution >= 4 is 16.6 Å². The fourth-order valence-corrected chi connectivity index (χ4v) is 11.8. The van der Waals surface area contributed by atoms with E-state index in [0.717, 1.165) is 25.7 Å². The number of hydrogen-bond donors (Lipinski definition) is 1. The van der Waals surface area contributed by atoms with Crippen LogP contribution in [-0.2, 0) is 14.3 Å². The van der Waals surface area contributed by atoms with Crippen molar-refractivity contribution in [2.24, 2.45) is 23.2 Å². The first-order valence-corrected chi connectivity index (χ1v) is 25.8. The largest absolute Gasteiger partial charge is 0.413 e. The molecule has 0 radical (unpaired) electrons. The monoisotopic (exact) mass is 717 g/mol. The molecule has 7 atom stereocenters. The smallest absolute Gasteiger partial charge is 0.192 e. The van der Waals surface area contributed by atoms with Crippen LogP contribution in [0.25, 0.3) is 0 Å². The summed E-state index contributed by atoms with van der Waals surface area (Å²) >= 11 is 0. The van der Waals surface area contributed by atoms with Crippen molar-refractivity contribution in [1.82, 2.24) is 0 Å². The van der Waals surface area contributed by atoms with Crippen LogP contribution >= 0.6 is 0 Å². The third kappa shape index (κ3) is 8.03. The number of aliphatic hydroxyl groups is 1. The van der Waals surface area contributed by atoms with Gasteiger partial charge >= 0.3 is 0 Å². The highest BCUT2D eigenvalue weighted by molar-refractivity contribution is 6.74. The van der Waals surface area contributed by atoms with E-state index in [1.54, 1.807) is 5.57 Å². The minimum atomic E-state index is -2.00. The number of hydrogen-bond acceptors (Lipinski definition) is 3. The highest BCUT2D eigenvalue weighted by atomic mass is 28.4. The van der Waals surface area contributed by atoms with E-state index < -0.39 is 22.7 Å². The van der Waals surface area contributed by atoms with Crippen molar-refractivity contribution in [2.45, 2.75) is 173 Å². The van der Waals surface area contributed by atoms with Crippen LogP contribution in [0, 0.1) is 23.2 Å². The Labute approximate surface area is 309 Å². The molecule has 4 aliphatic carbocycles. The third-order valence-electron chi connectivity index (χ3n) is 14.7. The van der Waals surface area contributed by atoms with E-state index >= 15 is 0 Å². The lowest BCUT2D eigenvalue weighted by Crippen LogP contribution is -2.49. The van der Waals surface area contributed by atoms with E-state index in [-0.39, 0.29) is 27.7 Å². The standard InChI is InChI=1S/C45H72O3Si2/c1-32(21-26-41(46)45(28-29-45)36-19-15-14-16-20-36)38-24-25-39-34(18-17-27-44(38,39)9)22-23-35-30-37(47-49(10,11)42(3,4)5)31-40(33(35)2)48-50(12,13)43(6,7)8/h14-16,19-23,26,32,37-41,46H,2,17-18,24-25,27-31H2,1,3-13H3/t32-,37-,38-,39+,40+,41+,44-/m1/s1. The fraction of sp³-hybridized carbons (Fsp3) is 0.689. The van der Waals surface area contributed by atoms with Crippen molar-refractivity contribution in [3.05, 3.63) is 83.5 Å². The molecule has 1 aromatic rings. The number of benzene rings is 1. The van der Waals surface area contributed by atoms with Crippen molar-refractivity contribution in [2.75, 3.05) is 0 Å². The van der Waals surface area contributed by atoms with Crippen molar-refractivity contribution in [3.63, 3.8) is 0 Å². The normalized spacial score (nSPS) is 32.1. The lowest BCUT2D eigenvalue weighted by Gasteiger charge is -2.45. The summed E-state index contributed by atoms with van der Waals surface area (Å²) in [5.41, 5.74) is 5.62. The van der Waals surface area contributed by atoms with Gasteiger partial charge in [-0.3, -0.25) is 0 Å². The molecule has 0 heterocycles. The summed E-state index contributed by atoms with van der Waals surface area (Å²) in [5.74, 6) is 1.70. The second-order valence-electron chi connectivity index (χ2n) is 20.1. The van der Waals surface area contributed by atoms with Crippen LogP contribution in [0.15, 0.2) is 77.9 Å². The lowest BCUT2D eigenvalue weighted by atomic mass is 9.61. The van der Waals surface area contributed by atoms with Crippen LogP contribution in [0.5, 0.6) is 0 Å². The molecule has 0 aliphatic heterocycles. The Morgan fingerprint density at radius 3 is 2.10 bits per heavy atom. The quantitative estimate of drug-likeness (QED) is 0.193. The Bertz CT molecular complexity index is 1450. The first-order chi connectivity index (χ1) is 23.1. The lowest BCUT2D eigenvalue weighted by molar-refractivity contribution is 0.0969. The Morgan fingerprint density at radius 2 is 1.50 bits per heavy atom. The maximum atomic E-state index is 11.4. The van der Waals surface area contributed by atoms with E-state index in [1.807, 2.05) is 0 Å². The van der Waals surface area contributed by atoms with E-state index in [9.17, 15) is 5.11 Å². The van der Waals surface area contributed by atoms with Gasteiger partial charge in [-0.25, -0.2) is 0 Å². The van der Waals surface area contributed by atoms with Gasteiger partial charge in [-0.1, -0.05) is 122 Å². The number of aliphatic hydroxyl groups excluding tert-OH is 1. The molecule has 50 heavy (non-hydrogen) atoms. The fourth-order valence-electron chi connectivity index (χ4n) is 9.17. The molecule has 0 unspecified atom stereocenters. The van der Waals surface area contributed by atoms with Gasteiger partial charge in [-0.15, -0.1) is 0 Å². The highest BCUT2D eigenvalue weighted by Crippen LogP contribution is 2.60. The Hall–Kier alpha value is -1.51. The molecule has 0 bridgehead atoms. The summed E-state index contributed by atoms with van der Waals surface area (Å²) in [4.78, 5) is 0. The van der Waals surface area contributed by atoms with Crippen LogP contribution in [0.2, 0.25) is 36.3 Å². The summed E-state index contributed by atoms with van der Waals surface area (Å²) in [6.07, 6.45) is 19.4. The maximum absolute atomic E-state index is 11.4. The van der Waals surface area contributed by atoms with Gasteiger partial charge in [-0.05, 0) is 128 Å². The van der Waals surface area contributed by atoms with E-state index in [1.165, 1.54) is 48.8 Å². The number of rotatable bonds is 10. The average molecular weight is 717 g/mol. The molecule has 278 valence electrons. The van der Waals surface area contributed by atoms with Gasteiger partial charge in [0.2, 0.25) is 0 Å². The second kappa shape index (κ2) is 14.4. The van der Waals surface area contributed by atoms with Gasteiger partial charge in [-0.2, -0.15) is 0 Å². The van der Waals surface area contributed by atoms with E-state index in [2.05, 4.69) is 136 Å². The zero-order valence-corrected chi connectivity index (χ0v) is 36.0. The summed E-state index contributed by atoms with van der Waals surface area (Å²) < 4.78 is 14.2. The van der Waals surface area contributed by atoms with Gasteiger partial charge in [0.25, 0.3) is 0 Å². The molecule has 1 aromatic carbocycles. The molecule has 0 spiro atoms. The molecule has 0 amide bonds. The van der Waals surface area contributed by atoms with Gasteiger partial charge in [0.05, 0.1) is 18.3 Å². The zero-order chi connectivity index (χ0) is 36.9. The first-order valence-electron chi connectivity index (χ1n) is 20.0. The molecule has 1 N–H and O–H groups in total. The molecule has 5 heteroatoms. The van der Waals surface area contributed by atoms with Crippen LogP contribution in [0.4, 0.5) is 0 Å². The predicted octanol–water partition coefficient (Wildman–Crippen LogP) is 12.5. The highest BCUT2D eigenvalue weighted by Gasteiger charge is 2.52. The zero-order valence-electron chi connectivity index (χ0n) is 34.0. The molecule has 5 rings (SSSR count). The van der Waals surface area contributed by atoms with E-state index in [0.29, 0.717) is 23.2 Å². The topological polar surface area (TPSA) is 38.7 Å². The maximum Gasteiger partial charge on any atom is 0.192 e. The second-order valence-corrected chi connectivity index (χ2v) is 29.6. The average Bonchev–Trinajstić information content (AvgIpc) is 3.75. The Balaban J connectivity index is 1.35. The summed E-state index contributed by atoms with van der Waals surface area (Å²) in [7, 11) is -3.94. The van der Waals surface area contributed by atoms with Crippen LogP contribution in [0.1, 0.15) is 119 Å². The first kappa shape index (κ1) is 39.7. The summed E-state index contributed by atoms with van der Waals surface area (Å²) in [5, 5.41) is 11.7.